The fraction of sp³-hybridized carbons (Fsp3) is 0.226. The molecule has 0 radical (unpaired) electrons. The molecule has 0 aliphatic heterocycles. The topological polar surface area (TPSA) is 50.9 Å². The molecule has 2 aromatic heterocycles. The summed E-state index contributed by atoms with van der Waals surface area (Å²) in [6.07, 6.45) is 1.74. The van der Waals surface area contributed by atoms with Crippen LogP contribution in [0.5, 0.6) is 5.75 Å². The number of aromatic hydroxyl groups is 1. The van der Waals surface area contributed by atoms with E-state index in [9.17, 15) is 6.48 Å². The molecule has 0 fully saturated rings. The second-order valence-electron chi connectivity index (χ2n) is 18.5. The minimum Gasteiger partial charge on any atom is -0.507 e. The van der Waals surface area contributed by atoms with Crippen LogP contribution in [-0.4, -0.2) is 19.6 Å². The van der Waals surface area contributed by atoms with Gasteiger partial charge in [-0.1, -0.05) is 181 Å². The third-order valence-electron chi connectivity index (χ3n) is 12.7. The van der Waals surface area contributed by atoms with Crippen LogP contribution in [0.2, 0.25) is 0 Å². The van der Waals surface area contributed by atoms with Crippen LogP contribution in [0.15, 0.2) is 152 Å². The van der Waals surface area contributed by atoms with Crippen molar-refractivity contribution in [2.45, 2.75) is 92.7 Å². The van der Waals surface area contributed by atoms with E-state index in [2.05, 4.69) is 64.1 Å². The van der Waals surface area contributed by atoms with Crippen molar-refractivity contribution in [1.29, 1.82) is 0 Å². The molecule has 9 aromatic rings. The molecule has 9 rings (SSSR count). The molecule has 1 N–H and O–H groups in total. The number of aromatic nitrogens is 3. The van der Waals surface area contributed by atoms with Crippen molar-refractivity contribution in [2.75, 3.05) is 0 Å². The first-order valence-electron chi connectivity index (χ1n) is 26.4. The van der Waals surface area contributed by atoms with Gasteiger partial charge in [-0.2, -0.15) is 0 Å². The average molecular weight is 1070 g/mol. The van der Waals surface area contributed by atoms with Gasteiger partial charge in [0.25, 0.3) is 0 Å². The predicted octanol–water partition coefficient (Wildman–Crippen LogP) is 17.0. The van der Waals surface area contributed by atoms with Crippen LogP contribution < -0.4 is 0 Å². The molecule has 0 amide bonds. The summed E-state index contributed by atoms with van der Waals surface area (Å²) in [6, 6.07) is 50.2. The molecular weight excluding hydrogens is 998 g/mol. The van der Waals surface area contributed by atoms with Crippen molar-refractivity contribution in [3.63, 3.8) is 0 Å². The molecule has 4 nitrogen and oxygen atoms in total. The molecule has 0 bridgehead atoms. The molecule has 0 aliphatic rings. The van der Waals surface area contributed by atoms with Crippen molar-refractivity contribution >= 4 is 11.0 Å². The van der Waals surface area contributed by atoms with Crippen LogP contribution >= 0.6 is 0 Å². The quantitative estimate of drug-likeness (QED) is 0.131. The second kappa shape index (κ2) is 19.5. The van der Waals surface area contributed by atoms with E-state index in [1.54, 1.807) is 24.4 Å². The van der Waals surface area contributed by atoms with Gasteiger partial charge in [0, 0.05) is 42.6 Å². The fourth-order valence-electron chi connectivity index (χ4n) is 9.11. The number of nitrogens with zero attached hydrogens (tertiary/aromatic N) is 3. The van der Waals surface area contributed by atoms with Crippen molar-refractivity contribution in [1.82, 2.24) is 14.5 Å². The number of benzene rings is 7. The number of rotatable bonds is 11. The Kier molecular flexibility index (Phi) is 11.3. The number of hydrogen-bond donors (Lipinski definition) is 1. The molecule has 0 aliphatic carbocycles. The first-order valence-corrected chi connectivity index (χ1v) is 22.9. The number of pyridine rings is 1. The van der Waals surface area contributed by atoms with Crippen LogP contribution in [0, 0.1) is 19.8 Å². The van der Waals surface area contributed by atoms with Gasteiger partial charge in [-0.3, -0.25) is 9.55 Å². The van der Waals surface area contributed by atoms with Crippen molar-refractivity contribution in [3.8, 4) is 78.6 Å². The van der Waals surface area contributed by atoms with Crippen LogP contribution in [0.3, 0.4) is 0 Å². The van der Waals surface area contributed by atoms with Gasteiger partial charge >= 0.3 is 0 Å². The Hall–Kier alpha value is -6.35. The summed E-state index contributed by atoms with van der Waals surface area (Å²) in [5.74, 6) is -0.337. The number of hydrogen-bond acceptors (Lipinski definition) is 3. The first kappa shape index (κ1) is 38.7. The molecule has 5 heteroatoms. The van der Waals surface area contributed by atoms with Gasteiger partial charge in [0.2, 0.25) is 0 Å². The Bertz CT molecular complexity index is 3520. The molecule has 0 spiro atoms. The van der Waals surface area contributed by atoms with E-state index in [-0.39, 0.29) is 55.7 Å². The Morgan fingerprint density at radius 2 is 1.28 bits per heavy atom. The standard InChI is InChI=1S/C62H60N3O.Pt/c1-37(2)47-34-54(40(7)8)61(66)55(35-47)62-64-60-53(20-15-21-58(60)65(62)57-27-26-46(30-42(57)10)59-51(38(3)4)18-14-19-52(59)39(5)6)49-31-48(43-16-12-11-13-17-43)32-50(33-49)56-36-45(28-29-63-56)44-24-22-41(9)23-25-44;/h11-32,34-40,66H,1-10H3;/q-1;/i9D3,10D3,38D;. The smallest absolute Gasteiger partial charge is 0.148 e. The summed E-state index contributed by atoms with van der Waals surface area (Å²) in [6.45, 7) is 11.4. The summed E-state index contributed by atoms with van der Waals surface area (Å²) < 4.78 is 62.2. The van der Waals surface area contributed by atoms with Gasteiger partial charge in [0.05, 0.1) is 22.3 Å². The number of para-hydroxylation sites is 1. The van der Waals surface area contributed by atoms with E-state index >= 15 is 0 Å². The average Bonchev–Trinajstić information content (AvgIpc) is 3.74. The zero-order valence-electron chi connectivity index (χ0n) is 46.3. The van der Waals surface area contributed by atoms with E-state index in [0.29, 0.717) is 39.4 Å². The molecule has 7 aromatic carbocycles. The monoisotopic (exact) mass is 1060 g/mol. The maximum atomic E-state index is 12.4. The van der Waals surface area contributed by atoms with E-state index in [4.69, 9.17) is 18.2 Å². The zero-order chi connectivity index (χ0) is 52.3. The molecular formula is C62H60N3OPt-. The maximum absolute atomic E-state index is 12.4. The van der Waals surface area contributed by atoms with Crippen LogP contribution in [0.25, 0.3) is 83.9 Å². The SMILES string of the molecule is [2H]C([2H])([2H])c1ccc(-c2ccnc(-c3[c-]c(-c4cccc5c4nc(-c4cc(C(C)C)cc(C(C)C)c4O)n5-c4ccc(-c5c(C(C)C)cccc5C([2H])(C)C)cc4C([2H])([2H])[2H])cc(-c4ccccc4)c3)c2)cc1.[Pt]. The number of imidazole rings is 1. The summed E-state index contributed by atoms with van der Waals surface area (Å²) in [5, 5.41) is 12.4. The largest absolute Gasteiger partial charge is 0.507 e. The minimum absolute atomic E-state index is 0. The Balaban J connectivity index is 0.00000729. The third-order valence-corrected chi connectivity index (χ3v) is 12.7. The summed E-state index contributed by atoms with van der Waals surface area (Å²) >= 11 is 0. The Labute approximate surface area is 421 Å². The number of phenols is 1. The number of fused-ring (bicyclic) bond motifs is 1. The van der Waals surface area contributed by atoms with Crippen molar-refractivity contribution in [2.24, 2.45) is 0 Å². The van der Waals surface area contributed by atoms with Gasteiger partial charge in [-0.25, -0.2) is 4.98 Å². The van der Waals surface area contributed by atoms with E-state index in [0.717, 1.165) is 66.8 Å². The summed E-state index contributed by atoms with van der Waals surface area (Å²) in [7, 11) is 0. The molecule has 2 heterocycles. The van der Waals surface area contributed by atoms with Gasteiger partial charge in [-0.15, -0.1) is 23.8 Å². The van der Waals surface area contributed by atoms with Gasteiger partial charge in [0.15, 0.2) is 0 Å². The molecule has 0 atom stereocenters. The van der Waals surface area contributed by atoms with Gasteiger partial charge < -0.3 is 5.11 Å². The van der Waals surface area contributed by atoms with Crippen LogP contribution in [0.1, 0.15) is 122 Å². The summed E-state index contributed by atoms with van der Waals surface area (Å²) in [5.41, 5.74) is 14.0. The maximum Gasteiger partial charge on any atom is 0.148 e. The molecule has 0 saturated heterocycles. The fourth-order valence-corrected chi connectivity index (χ4v) is 9.11. The summed E-state index contributed by atoms with van der Waals surface area (Å²) in [4.78, 5) is 10.3. The molecule has 0 saturated carbocycles. The van der Waals surface area contributed by atoms with Crippen LogP contribution in [0.4, 0.5) is 0 Å². The molecule has 340 valence electrons. The predicted molar refractivity (Wildman–Crippen MR) is 278 cm³/mol. The zero-order valence-corrected chi connectivity index (χ0v) is 41.5. The van der Waals surface area contributed by atoms with Gasteiger partial charge in [-0.05, 0) is 123 Å². The van der Waals surface area contributed by atoms with Gasteiger partial charge in [0.1, 0.15) is 11.6 Å². The van der Waals surface area contributed by atoms with E-state index in [1.165, 1.54) is 0 Å². The Morgan fingerprint density at radius 1 is 0.582 bits per heavy atom. The first-order chi connectivity index (χ1) is 34.5. The van der Waals surface area contributed by atoms with E-state index < -0.39 is 19.6 Å². The third kappa shape index (κ3) is 9.22. The van der Waals surface area contributed by atoms with Crippen LogP contribution in [-0.2, 0) is 21.1 Å². The minimum atomic E-state index is -2.60. The van der Waals surface area contributed by atoms with Crippen molar-refractivity contribution in [3.05, 3.63) is 191 Å². The van der Waals surface area contributed by atoms with E-state index in [1.807, 2.05) is 129 Å². The molecule has 0 unspecified atom stereocenters. The van der Waals surface area contributed by atoms with Crippen molar-refractivity contribution < 1.29 is 35.8 Å². The number of aryl methyl sites for hydroxylation is 2. The molecule has 67 heavy (non-hydrogen) atoms. The second-order valence-corrected chi connectivity index (χ2v) is 18.5. The normalized spacial score (nSPS) is 13.7. The Morgan fingerprint density at radius 3 is 1.99 bits per heavy atom. The number of phenolic OH excluding ortho intramolecular Hbond substituents is 1.